The minimum Gasteiger partial charge on any atom is -0.493 e. The lowest BCUT2D eigenvalue weighted by Gasteiger charge is -2.31. The van der Waals surface area contributed by atoms with Crippen LogP contribution in [0.1, 0.15) is 19.3 Å². The van der Waals surface area contributed by atoms with Gasteiger partial charge in [0.15, 0.2) is 0 Å². The molecule has 1 aliphatic rings. The van der Waals surface area contributed by atoms with E-state index in [-0.39, 0.29) is 5.88 Å². The van der Waals surface area contributed by atoms with E-state index in [1.54, 1.807) is 6.07 Å². The number of aromatic hydroxyl groups is 1. The average molecular weight is 239 g/mol. The van der Waals surface area contributed by atoms with Crippen molar-refractivity contribution >= 4 is 0 Å². The standard InChI is InChI=1S/C12H17NO4/c14-11-9-10(1-5-13-11)17-8-4-12(15)2-6-16-7-3-12/h1,5,9,15H,2-4,6-8H2,(H,13,14). The minimum atomic E-state index is -0.673. The van der Waals surface area contributed by atoms with Gasteiger partial charge in [-0.15, -0.1) is 0 Å². The van der Waals surface area contributed by atoms with E-state index in [0.717, 1.165) is 0 Å². The highest BCUT2D eigenvalue weighted by atomic mass is 16.5. The Morgan fingerprint density at radius 3 is 2.88 bits per heavy atom. The Labute approximate surface area is 100 Å². The van der Waals surface area contributed by atoms with Crippen LogP contribution in [0, 0.1) is 0 Å². The van der Waals surface area contributed by atoms with Gasteiger partial charge in [0.25, 0.3) is 0 Å². The number of rotatable bonds is 4. The second-order valence-electron chi connectivity index (χ2n) is 4.28. The zero-order valence-electron chi connectivity index (χ0n) is 9.63. The maximum absolute atomic E-state index is 10.2. The van der Waals surface area contributed by atoms with Crippen molar-refractivity contribution in [3.05, 3.63) is 18.3 Å². The summed E-state index contributed by atoms with van der Waals surface area (Å²) in [5.74, 6) is 0.500. The number of aromatic nitrogens is 1. The maximum atomic E-state index is 10.2. The molecule has 1 saturated heterocycles. The van der Waals surface area contributed by atoms with Crippen LogP contribution in [0.4, 0.5) is 0 Å². The van der Waals surface area contributed by atoms with Gasteiger partial charge in [0.05, 0.1) is 12.2 Å². The van der Waals surface area contributed by atoms with Crippen molar-refractivity contribution in [3.8, 4) is 11.6 Å². The first kappa shape index (κ1) is 12.1. The second-order valence-corrected chi connectivity index (χ2v) is 4.28. The normalized spacial score (nSPS) is 18.9. The molecule has 1 fully saturated rings. The van der Waals surface area contributed by atoms with Crippen LogP contribution < -0.4 is 4.74 Å². The molecule has 0 unspecified atom stereocenters. The zero-order chi connectivity index (χ0) is 12.1. The summed E-state index contributed by atoms with van der Waals surface area (Å²) >= 11 is 0. The Morgan fingerprint density at radius 1 is 1.41 bits per heavy atom. The number of hydrogen-bond donors (Lipinski definition) is 2. The summed E-state index contributed by atoms with van der Waals surface area (Å²) in [6.45, 7) is 1.62. The van der Waals surface area contributed by atoms with Crippen molar-refractivity contribution in [1.29, 1.82) is 0 Å². The summed E-state index contributed by atoms with van der Waals surface area (Å²) in [5, 5.41) is 19.3. The first-order valence-electron chi connectivity index (χ1n) is 5.76. The topological polar surface area (TPSA) is 71.8 Å². The molecule has 5 heteroatoms. The van der Waals surface area contributed by atoms with Gasteiger partial charge in [-0.2, -0.15) is 0 Å². The van der Waals surface area contributed by atoms with Crippen molar-refractivity contribution in [3.63, 3.8) is 0 Å². The van der Waals surface area contributed by atoms with Gasteiger partial charge in [-0.05, 0) is 18.9 Å². The summed E-state index contributed by atoms with van der Waals surface area (Å²) in [4.78, 5) is 3.66. The second kappa shape index (κ2) is 5.33. The van der Waals surface area contributed by atoms with Gasteiger partial charge in [0.2, 0.25) is 5.88 Å². The van der Waals surface area contributed by atoms with E-state index in [1.807, 2.05) is 0 Å². The molecule has 2 N–H and O–H groups in total. The molecular weight excluding hydrogens is 222 g/mol. The van der Waals surface area contributed by atoms with Gasteiger partial charge in [-0.25, -0.2) is 4.98 Å². The minimum absolute atomic E-state index is 0.0627. The first-order chi connectivity index (χ1) is 8.18. The highest BCUT2D eigenvalue weighted by Gasteiger charge is 2.29. The van der Waals surface area contributed by atoms with Crippen LogP contribution in [0.15, 0.2) is 18.3 Å². The lowest BCUT2D eigenvalue weighted by Crippen LogP contribution is -2.37. The van der Waals surface area contributed by atoms with E-state index in [4.69, 9.17) is 14.6 Å². The van der Waals surface area contributed by atoms with Crippen LogP contribution in [0.25, 0.3) is 0 Å². The third kappa shape index (κ3) is 3.57. The molecule has 0 spiro atoms. The molecule has 1 aromatic rings. The largest absolute Gasteiger partial charge is 0.493 e. The summed E-state index contributed by atoms with van der Waals surface area (Å²) < 4.78 is 10.7. The van der Waals surface area contributed by atoms with Crippen LogP contribution in [0.5, 0.6) is 11.6 Å². The number of ether oxygens (including phenoxy) is 2. The van der Waals surface area contributed by atoms with Crippen LogP contribution in [-0.4, -0.2) is 40.6 Å². The Bertz CT molecular complexity index is 363. The quantitative estimate of drug-likeness (QED) is 0.823. The summed E-state index contributed by atoms with van der Waals surface area (Å²) in [6.07, 6.45) is 3.35. The van der Waals surface area contributed by atoms with Gasteiger partial charge >= 0.3 is 0 Å². The van der Waals surface area contributed by atoms with Crippen molar-refractivity contribution in [2.45, 2.75) is 24.9 Å². The molecule has 0 amide bonds. The van der Waals surface area contributed by atoms with Gasteiger partial charge < -0.3 is 19.7 Å². The third-order valence-electron chi connectivity index (χ3n) is 2.98. The Balaban J connectivity index is 1.79. The maximum Gasteiger partial charge on any atom is 0.214 e. The van der Waals surface area contributed by atoms with E-state index in [0.29, 0.717) is 44.8 Å². The van der Waals surface area contributed by atoms with Crippen LogP contribution in [-0.2, 0) is 4.74 Å². The summed E-state index contributed by atoms with van der Waals surface area (Å²) in [7, 11) is 0. The fourth-order valence-corrected chi connectivity index (χ4v) is 1.85. The van der Waals surface area contributed by atoms with Crippen molar-refractivity contribution in [1.82, 2.24) is 4.98 Å². The highest BCUT2D eigenvalue weighted by Crippen LogP contribution is 2.24. The van der Waals surface area contributed by atoms with Crippen LogP contribution >= 0.6 is 0 Å². The van der Waals surface area contributed by atoms with Crippen LogP contribution in [0.3, 0.4) is 0 Å². The molecule has 2 heterocycles. The monoisotopic (exact) mass is 239 g/mol. The lowest BCUT2D eigenvalue weighted by atomic mass is 9.91. The van der Waals surface area contributed by atoms with E-state index < -0.39 is 5.60 Å². The first-order valence-corrected chi connectivity index (χ1v) is 5.76. The Kier molecular flexibility index (Phi) is 3.81. The summed E-state index contributed by atoms with van der Waals surface area (Å²) in [6, 6.07) is 3.13. The van der Waals surface area contributed by atoms with Gasteiger partial charge in [-0.3, -0.25) is 0 Å². The Hall–Kier alpha value is -1.33. The summed E-state index contributed by atoms with van der Waals surface area (Å²) in [5.41, 5.74) is -0.673. The molecule has 0 aromatic carbocycles. The van der Waals surface area contributed by atoms with E-state index in [1.165, 1.54) is 12.3 Å². The molecule has 2 rings (SSSR count). The van der Waals surface area contributed by atoms with E-state index in [2.05, 4.69) is 4.98 Å². The molecule has 1 aliphatic heterocycles. The van der Waals surface area contributed by atoms with E-state index >= 15 is 0 Å². The molecule has 1 aromatic heterocycles. The lowest BCUT2D eigenvalue weighted by molar-refractivity contribution is -0.0729. The smallest absolute Gasteiger partial charge is 0.214 e. The van der Waals surface area contributed by atoms with E-state index in [9.17, 15) is 5.11 Å². The molecule has 0 saturated carbocycles. The van der Waals surface area contributed by atoms with Gasteiger partial charge in [0.1, 0.15) is 5.75 Å². The Morgan fingerprint density at radius 2 is 2.18 bits per heavy atom. The number of hydrogen-bond acceptors (Lipinski definition) is 5. The molecule has 5 nitrogen and oxygen atoms in total. The molecular formula is C12H17NO4. The predicted octanol–water partition coefficient (Wildman–Crippen LogP) is 1.10. The average Bonchev–Trinajstić information content (AvgIpc) is 2.30. The fraction of sp³-hybridized carbons (Fsp3) is 0.583. The third-order valence-corrected chi connectivity index (χ3v) is 2.98. The van der Waals surface area contributed by atoms with Crippen molar-refractivity contribution in [2.75, 3.05) is 19.8 Å². The van der Waals surface area contributed by atoms with Crippen LogP contribution in [0.2, 0.25) is 0 Å². The molecule has 0 radical (unpaired) electrons. The SMILES string of the molecule is Oc1cc(OCCC2(O)CCOCC2)ccn1. The fourth-order valence-electron chi connectivity index (χ4n) is 1.85. The number of aliphatic hydroxyl groups is 1. The number of pyridine rings is 1. The molecule has 0 aliphatic carbocycles. The number of nitrogens with zero attached hydrogens (tertiary/aromatic N) is 1. The van der Waals surface area contributed by atoms with Crippen molar-refractivity contribution in [2.24, 2.45) is 0 Å². The molecule has 0 bridgehead atoms. The molecule has 17 heavy (non-hydrogen) atoms. The molecule has 0 atom stereocenters. The van der Waals surface area contributed by atoms with Gasteiger partial charge in [-0.1, -0.05) is 0 Å². The van der Waals surface area contributed by atoms with Gasteiger partial charge in [0, 0.05) is 31.9 Å². The highest BCUT2D eigenvalue weighted by molar-refractivity contribution is 5.24. The predicted molar refractivity (Wildman–Crippen MR) is 61.0 cm³/mol. The molecule has 94 valence electrons. The van der Waals surface area contributed by atoms with Crippen molar-refractivity contribution < 1.29 is 19.7 Å². The zero-order valence-corrected chi connectivity index (χ0v) is 9.63.